The topological polar surface area (TPSA) is 51.5 Å². The van der Waals surface area contributed by atoms with Crippen LogP contribution in [0.25, 0.3) is 11.8 Å². The molecule has 0 fully saturated rings. The Balaban J connectivity index is 1.88. The molecule has 174 valence electrons. The summed E-state index contributed by atoms with van der Waals surface area (Å²) in [5.74, 6) is -0.840. The quantitative estimate of drug-likeness (QED) is 0.303. The molecule has 34 heavy (non-hydrogen) atoms. The van der Waals surface area contributed by atoms with Crippen LogP contribution in [0.1, 0.15) is 29.4 Å². The minimum atomic E-state index is -0.557. The van der Waals surface area contributed by atoms with E-state index in [1.807, 2.05) is 67.8 Å². The van der Waals surface area contributed by atoms with Crippen LogP contribution in [-0.4, -0.2) is 23.6 Å². The van der Waals surface area contributed by atoms with Crippen LogP contribution >= 0.6 is 23.2 Å². The van der Waals surface area contributed by atoms with E-state index in [1.165, 1.54) is 7.11 Å². The summed E-state index contributed by atoms with van der Waals surface area (Å²) in [7, 11) is 1.31. The maximum absolute atomic E-state index is 13.6. The van der Waals surface area contributed by atoms with Gasteiger partial charge in [-0.15, -0.1) is 0 Å². The maximum atomic E-state index is 13.6. The number of halogens is 2. The number of rotatable bonds is 4. The van der Waals surface area contributed by atoms with Crippen molar-refractivity contribution < 1.29 is 14.3 Å². The fraction of sp³-hybridized carbons (Fsp3) is 0.185. The third-order valence-corrected chi connectivity index (χ3v) is 6.80. The number of methoxy groups -OCH3 is 1. The number of esters is 1. The fourth-order valence-corrected chi connectivity index (χ4v) is 4.76. The van der Waals surface area contributed by atoms with E-state index < -0.39 is 5.97 Å². The Kier molecular flexibility index (Phi) is 6.43. The van der Waals surface area contributed by atoms with Gasteiger partial charge in [0.2, 0.25) is 0 Å². The van der Waals surface area contributed by atoms with Gasteiger partial charge in [-0.05, 0) is 75.2 Å². The molecule has 7 heteroatoms. The first-order valence-electron chi connectivity index (χ1n) is 10.7. The Morgan fingerprint density at radius 1 is 1.00 bits per heavy atom. The first kappa shape index (κ1) is 23.9. The minimum absolute atomic E-state index is 0.250. The first-order valence-corrected chi connectivity index (χ1v) is 11.5. The van der Waals surface area contributed by atoms with E-state index in [0.717, 1.165) is 28.2 Å². The molecule has 0 N–H and O–H groups in total. The second-order valence-corrected chi connectivity index (χ2v) is 9.01. The largest absolute Gasteiger partial charge is 0.465 e. The lowest BCUT2D eigenvalue weighted by Crippen LogP contribution is -2.24. The van der Waals surface area contributed by atoms with E-state index in [9.17, 15) is 9.59 Å². The number of nitrogens with zero attached hydrogens (tertiary/aromatic N) is 2. The average molecular weight is 495 g/mol. The zero-order valence-corrected chi connectivity index (χ0v) is 21.1. The summed E-state index contributed by atoms with van der Waals surface area (Å²) in [6.45, 7) is 7.59. The fourth-order valence-electron chi connectivity index (χ4n) is 4.38. The number of anilines is 1. The summed E-state index contributed by atoms with van der Waals surface area (Å²) >= 11 is 12.7. The normalized spacial score (nSPS) is 15.0. The van der Waals surface area contributed by atoms with Crippen molar-refractivity contribution in [2.75, 3.05) is 12.0 Å². The molecule has 2 heterocycles. The van der Waals surface area contributed by atoms with Crippen molar-refractivity contribution in [3.63, 3.8) is 0 Å². The Bertz CT molecular complexity index is 1400. The highest BCUT2D eigenvalue weighted by molar-refractivity contribution is 6.43. The number of hydrogen-bond donors (Lipinski definition) is 0. The van der Waals surface area contributed by atoms with Crippen LogP contribution in [0.5, 0.6) is 0 Å². The monoisotopic (exact) mass is 494 g/mol. The Morgan fingerprint density at radius 2 is 1.71 bits per heavy atom. The molecular formula is C27H24Cl2N2O3. The van der Waals surface area contributed by atoms with Gasteiger partial charge in [-0.2, -0.15) is 0 Å². The van der Waals surface area contributed by atoms with Gasteiger partial charge in [-0.3, -0.25) is 9.69 Å². The molecule has 1 aliphatic heterocycles. The second kappa shape index (κ2) is 9.16. The first-order chi connectivity index (χ1) is 16.1. The van der Waals surface area contributed by atoms with Crippen LogP contribution in [-0.2, 0) is 14.3 Å². The van der Waals surface area contributed by atoms with Crippen LogP contribution in [0.3, 0.4) is 0 Å². The number of allylic oxidation sites excluding steroid dienone is 1. The van der Waals surface area contributed by atoms with Gasteiger partial charge in [0.05, 0.1) is 34.0 Å². The molecule has 0 unspecified atom stereocenters. The van der Waals surface area contributed by atoms with Crippen molar-refractivity contribution in [3.8, 4) is 5.69 Å². The van der Waals surface area contributed by atoms with Gasteiger partial charge in [0.25, 0.3) is 5.91 Å². The van der Waals surface area contributed by atoms with E-state index in [1.54, 1.807) is 24.0 Å². The van der Waals surface area contributed by atoms with Gasteiger partial charge in [0, 0.05) is 22.8 Å². The number of carbonyl (C=O) groups is 2. The average Bonchev–Trinajstić information content (AvgIpc) is 3.21. The number of benzene rings is 2. The van der Waals surface area contributed by atoms with Crippen molar-refractivity contribution in [2.45, 2.75) is 27.7 Å². The van der Waals surface area contributed by atoms with Crippen molar-refractivity contribution in [1.82, 2.24) is 4.57 Å². The molecule has 0 spiro atoms. The van der Waals surface area contributed by atoms with Gasteiger partial charge >= 0.3 is 5.97 Å². The van der Waals surface area contributed by atoms with Crippen molar-refractivity contribution in [1.29, 1.82) is 0 Å². The number of carbonyl (C=O) groups excluding carboxylic acids is 2. The number of aromatic nitrogens is 1. The SMILES string of the molecule is COC(=O)C1=C(C)N(c2cccc(C)c2)C(=O)/C1=C\c1cc(C)n(-c2cccc(Cl)c2Cl)c1C. The molecule has 0 saturated carbocycles. The molecule has 5 nitrogen and oxygen atoms in total. The van der Waals surface area contributed by atoms with Gasteiger partial charge in [0.15, 0.2) is 0 Å². The highest BCUT2D eigenvalue weighted by Crippen LogP contribution is 2.37. The van der Waals surface area contributed by atoms with E-state index in [-0.39, 0.29) is 17.1 Å². The predicted molar refractivity (Wildman–Crippen MR) is 137 cm³/mol. The van der Waals surface area contributed by atoms with Gasteiger partial charge in [0.1, 0.15) is 0 Å². The Hall–Kier alpha value is -3.28. The van der Waals surface area contributed by atoms with Crippen LogP contribution in [0.15, 0.2) is 65.4 Å². The molecule has 1 aromatic heterocycles. The van der Waals surface area contributed by atoms with Crippen molar-refractivity contribution >= 4 is 46.8 Å². The molecule has 0 atom stereocenters. The van der Waals surface area contributed by atoms with E-state index in [0.29, 0.717) is 21.4 Å². The number of hydrogen-bond acceptors (Lipinski definition) is 3. The molecule has 1 aliphatic rings. The zero-order valence-electron chi connectivity index (χ0n) is 19.6. The predicted octanol–water partition coefficient (Wildman–Crippen LogP) is 6.59. The molecule has 1 amide bonds. The summed E-state index contributed by atoms with van der Waals surface area (Å²) in [6, 6.07) is 15.0. The van der Waals surface area contributed by atoms with Crippen LogP contribution in [0.2, 0.25) is 10.0 Å². The molecule has 0 aliphatic carbocycles. The van der Waals surface area contributed by atoms with Crippen molar-refractivity contribution in [2.24, 2.45) is 0 Å². The zero-order chi connectivity index (χ0) is 24.7. The molecule has 4 rings (SSSR count). The second-order valence-electron chi connectivity index (χ2n) is 8.22. The van der Waals surface area contributed by atoms with Crippen LogP contribution in [0, 0.1) is 20.8 Å². The van der Waals surface area contributed by atoms with Crippen molar-refractivity contribution in [3.05, 3.63) is 97.9 Å². The summed E-state index contributed by atoms with van der Waals surface area (Å²) < 4.78 is 7.01. The standard InChI is InChI=1S/C27H24Cl2N2O3/c1-15-8-6-9-20(12-15)31-18(4)24(27(33)34-5)21(26(31)32)14-19-13-16(2)30(17(19)3)23-11-7-10-22(28)25(23)29/h6-14H,1-5H3/b21-14-. The minimum Gasteiger partial charge on any atom is -0.465 e. The summed E-state index contributed by atoms with van der Waals surface area (Å²) in [6.07, 6.45) is 1.74. The molecule has 0 bridgehead atoms. The van der Waals surface area contributed by atoms with Crippen LogP contribution < -0.4 is 4.90 Å². The Morgan fingerprint density at radius 3 is 2.38 bits per heavy atom. The summed E-state index contributed by atoms with van der Waals surface area (Å²) in [4.78, 5) is 27.9. The van der Waals surface area contributed by atoms with Crippen LogP contribution in [0.4, 0.5) is 5.69 Å². The smallest absolute Gasteiger partial charge is 0.340 e. The van der Waals surface area contributed by atoms with E-state index in [2.05, 4.69) is 0 Å². The lowest BCUT2D eigenvalue weighted by molar-refractivity contribution is -0.136. The van der Waals surface area contributed by atoms with E-state index in [4.69, 9.17) is 27.9 Å². The third-order valence-electron chi connectivity index (χ3n) is 5.99. The third kappa shape index (κ3) is 3.95. The molecule has 0 radical (unpaired) electrons. The highest BCUT2D eigenvalue weighted by atomic mass is 35.5. The number of amides is 1. The van der Waals surface area contributed by atoms with Gasteiger partial charge in [-0.1, -0.05) is 41.4 Å². The summed E-state index contributed by atoms with van der Waals surface area (Å²) in [5.41, 5.74) is 6.07. The molecule has 2 aromatic carbocycles. The number of aryl methyl sites for hydroxylation is 2. The maximum Gasteiger partial charge on any atom is 0.340 e. The lowest BCUT2D eigenvalue weighted by Gasteiger charge is -2.18. The molecular weight excluding hydrogens is 471 g/mol. The number of ether oxygens (including phenoxy) is 1. The molecule has 3 aromatic rings. The van der Waals surface area contributed by atoms with E-state index >= 15 is 0 Å². The molecule has 0 saturated heterocycles. The highest BCUT2D eigenvalue weighted by Gasteiger charge is 2.38. The lowest BCUT2D eigenvalue weighted by atomic mass is 10.0. The summed E-state index contributed by atoms with van der Waals surface area (Å²) in [5, 5.41) is 0.900. The van der Waals surface area contributed by atoms with Gasteiger partial charge in [-0.25, -0.2) is 4.79 Å². The van der Waals surface area contributed by atoms with Gasteiger partial charge < -0.3 is 9.30 Å². The Labute approximate surface area is 208 Å².